The van der Waals surface area contributed by atoms with E-state index < -0.39 is 15.6 Å². The molecule has 1 heterocycles. The summed E-state index contributed by atoms with van der Waals surface area (Å²) in [7, 11) is -3.47. The second-order valence-electron chi connectivity index (χ2n) is 4.36. The molecule has 0 bridgehead atoms. The van der Waals surface area contributed by atoms with Crippen molar-refractivity contribution in [2.45, 2.75) is 43.4 Å². The highest BCUT2D eigenvalue weighted by Crippen LogP contribution is 2.24. The van der Waals surface area contributed by atoms with Gasteiger partial charge in [0.25, 0.3) is 10.0 Å². The fourth-order valence-corrected chi connectivity index (χ4v) is 4.27. The van der Waals surface area contributed by atoms with Gasteiger partial charge in [-0.15, -0.1) is 11.3 Å². The molecular formula is C11H19NO3S2. The number of sulfonamides is 1. The average Bonchev–Trinajstić information content (AvgIpc) is 2.65. The maximum atomic E-state index is 12.1. The molecule has 1 atom stereocenters. The van der Waals surface area contributed by atoms with Gasteiger partial charge in [0.05, 0.1) is 0 Å². The van der Waals surface area contributed by atoms with Crippen molar-refractivity contribution in [3.8, 4) is 0 Å². The first-order valence-corrected chi connectivity index (χ1v) is 7.84. The van der Waals surface area contributed by atoms with Crippen molar-refractivity contribution in [3.05, 3.63) is 17.0 Å². The Kier molecular flexibility index (Phi) is 4.71. The highest BCUT2D eigenvalue weighted by molar-refractivity contribution is 7.91. The minimum absolute atomic E-state index is 0.0314. The summed E-state index contributed by atoms with van der Waals surface area (Å²) in [6.07, 6.45) is 1.05. The largest absolute Gasteiger partial charge is 0.396 e. The van der Waals surface area contributed by atoms with Crippen LogP contribution in [-0.4, -0.2) is 25.7 Å². The molecule has 2 N–H and O–H groups in total. The van der Waals surface area contributed by atoms with Crippen molar-refractivity contribution >= 4 is 21.4 Å². The van der Waals surface area contributed by atoms with Crippen LogP contribution in [0.15, 0.2) is 16.3 Å². The van der Waals surface area contributed by atoms with Gasteiger partial charge in [-0.25, -0.2) is 13.1 Å². The topological polar surface area (TPSA) is 66.4 Å². The number of aliphatic hydroxyl groups excluding tert-OH is 1. The molecular weight excluding hydrogens is 258 g/mol. The van der Waals surface area contributed by atoms with Gasteiger partial charge in [-0.05, 0) is 38.8 Å². The molecule has 0 aliphatic carbocycles. The van der Waals surface area contributed by atoms with Crippen molar-refractivity contribution < 1.29 is 13.5 Å². The van der Waals surface area contributed by atoms with E-state index in [1.165, 1.54) is 11.3 Å². The van der Waals surface area contributed by atoms with Crippen LogP contribution in [0.1, 0.15) is 31.6 Å². The smallest absolute Gasteiger partial charge is 0.250 e. The third kappa shape index (κ3) is 3.77. The van der Waals surface area contributed by atoms with Crippen LogP contribution in [0.3, 0.4) is 0 Å². The van der Waals surface area contributed by atoms with Crippen molar-refractivity contribution in [3.63, 3.8) is 0 Å². The third-order valence-corrected chi connectivity index (χ3v) is 5.94. The molecule has 4 nitrogen and oxygen atoms in total. The maximum Gasteiger partial charge on any atom is 0.250 e. The zero-order valence-electron chi connectivity index (χ0n) is 10.4. The van der Waals surface area contributed by atoms with Crippen LogP contribution in [-0.2, 0) is 10.0 Å². The number of rotatable bonds is 6. The Bertz CT molecular complexity index is 467. The Morgan fingerprint density at radius 3 is 2.53 bits per heavy atom. The lowest BCUT2D eigenvalue weighted by Gasteiger charge is -2.28. The highest BCUT2D eigenvalue weighted by atomic mass is 32.2. The van der Waals surface area contributed by atoms with Crippen molar-refractivity contribution in [2.75, 3.05) is 6.61 Å². The number of hydrogen-bond donors (Lipinski definition) is 2. The number of aryl methyl sites for hydroxylation is 1. The molecule has 0 fully saturated rings. The summed E-state index contributed by atoms with van der Waals surface area (Å²) in [5, 5.41) is 8.97. The summed E-state index contributed by atoms with van der Waals surface area (Å²) < 4.78 is 27.2. The van der Waals surface area contributed by atoms with E-state index in [4.69, 9.17) is 5.11 Å². The number of thiophene rings is 1. The summed E-state index contributed by atoms with van der Waals surface area (Å²) in [6.45, 7) is 5.55. The summed E-state index contributed by atoms with van der Waals surface area (Å²) in [6, 6.07) is 3.39. The summed E-state index contributed by atoms with van der Waals surface area (Å²) in [5.74, 6) is 0. The van der Waals surface area contributed by atoms with Gasteiger partial charge in [0, 0.05) is 17.0 Å². The van der Waals surface area contributed by atoms with Crippen LogP contribution in [0.25, 0.3) is 0 Å². The fraction of sp³-hybridized carbons (Fsp3) is 0.636. The number of nitrogens with one attached hydrogen (secondary N) is 1. The molecule has 0 radical (unpaired) electrons. The SMILES string of the molecule is CCC(C)(CCO)NS(=O)(=O)c1ccc(C)s1. The Hall–Kier alpha value is -0.430. The zero-order valence-corrected chi connectivity index (χ0v) is 12.0. The molecule has 98 valence electrons. The molecule has 0 saturated heterocycles. The van der Waals surface area contributed by atoms with Crippen LogP contribution < -0.4 is 4.72 Å². The Morgan fingerprint density at radius 1 is 1.47 bits per heavy atom. The molecule has 1 aromatic heterocycles. The number of aliphatic hydroxyl groups is 1. The minimum atomic E-state index is -3.47. The van der Waals surface area contributed by atoms with E-state index in [0.29, 0.717) is 17.1 Å². The first kappa shape index (κ1) is 14.6. The Balaban J connectivity index is 2.93. The third-order valence-electron chi connectivity index (χ3n) is 2.81. The lowest BCUT2D eigenvalue weighted by molar-refractivity contribution is 0.233. The van der Waals surface area contributed by atoms with Crippen LogP contribution in [0, 0.1) is 6.92 Å². The molecule has 0 spiro atoms. The first-order chi connectivity index (χ1) is 7.83. The van der Waals surface area contributed by atoms with Gasteiger partial charge in [0.2, 0.25) is 0 Å². The molecule has 6 heteroatoms. The molecule has 0 aromatic carbocycles. The number of hydrogen-bond acceptors (Lipinski definition) is 4. The van der Waals surface area contributed by atoms with Crippen LogP contribution in [0.4, 0.5) is 0 Å². The molecule has 0 amide bonds. The van der Waals surface area contributed by atoms with E-state index >= 15 is 0 Å². The van der Waals surface area contributed by atoms with Crippen LogP contribution in [0.5, 0.6) is 0 Å². The highest BCUT2D eigenvalue weighted by Gasteiger charge is 2.29. The van der Waals surface area contributed by atoms with Crippen molar-refractivity contribution in [2.24, 2.45) is 0 Å². The van der Waals surface area contributed by atoms with Gasteiger partial charge >= 0.3 is 0 Å². The molecule has 0 saturated carbocycles. The fourth-order valence-electron chi connectivity index (χ4n) is 1.48. The predicted octanol–water partition coefficient (Wildman–Crippen LogP) is 1.89. The minimum Gasteiger partial charge on any atom is -0.396 e. The summed E-state index contributed by atoms with van der Waals surface area (Å²) in [4.78, 5) is 0.964. The van der Waals surface area contributed by atoms with Gasteiger partial charge in [-0.1, -0.05) is 6.92 Å². The Labute approximate surface area is 107 Å². The lowest BCUT2D eigenvalue weighted by atomic mass is 9.97. The predicted molar refractivity (Wildman–Crippen MR) is 69.8 cm³/mol. The molecule has 17 heavy (non-hydrogen) atoms. The van der Waals surface area contributed by atoms with Crippen LogP contribution >= 0.6 is 11.3 Å². The van der Waals surface area contributed by atoms with Crippen molar-refractivity contribution in [1.82, 2.24) is 4.72 Å². The normalized spacial score (nSPS) is 15.8. The van der Waals surface area contributed by atoms with Gasteiger partial charge in [0.15, 0.2) is 0 Å². The monoisotopic (exact) mass is 277 g/mol. The van der Waals surface area contributed by atoms with Crippen LogP contribution in [0.2, 0.25) is 0 Å². The molecule has 1 aromatic rings. The molecule has 0 aliphatic heterocycles. The molecule has 0 aliphatic rings. The molecule has 1 rings (SSSR count). The summed E-state index contributed by atoms with van der Waals surface area (Å²) in [5.41, 5.74) is -0.592. The van der Waals surface area contributed by atoms with Gasteiger partial charge < -0.3 is 5.11 Å². The maximum absolute atomic E-state index is 12.1. The average molecular weight is 277 g/mol. The second kappa shape index (κ2) is 5.48. The summed E-state index contributed by atoms with van der Waals surface area (Å²) >= 11 is 1.25. The van der Waals surface area contributed by atoms with Crippen molar-refractivity contribution in [1.29, 1.82) is 0 Å². The van der Waals surface area contributed by atoms with Gasteiger partial charge in [-0.2, -0.15) is 0 Å². The molecule has 1 unspecified atom stereocenters. The van der Waals surface area contributed by atoms with Gasteiger partial charge in [0.1, 0.15) is 4.21 Å². The van der Waals surface area contributed by atoms with E-state index in [9.17, 15) is 8.42 Å². The van der Waals surface area contributed by atoms with E-state index in [1.807, 2.05) is 13.8 Å². The first-order valence-electron chi connectivity index (χ1n) is 5.54. The van der Waals surface area contributed by atoms with E-state index in [1.54, 1.807) is 19.1 Å². The van der Waals surface area contributed by atoms with E-state index in [0.717, 1.165) is 4.88 Å². The van der Waals surface area contributed by atoms with E-state index in [-0.39, 0.29) is 6.61 Å². The zero-order chi connectivity index (χ0) is 13.1. The quantitative estimate of drug-likeness (QED) is 0.834. The standard InChI is InChI=1S/C11H19NO3S2/c1-4-11(3,7-8-13)12-17(14,15)10-6-5-9(2)16-10/h5-6,12-13H,4,7-8H2,1-3H3. The Morgan fingerprint density at radius 2 is 2.12 bits per heavy atom. The lowest BCUT2D eigenvalue weighted by Crippen LogP contribution is -2.45. The van der Waals surface area contributed by atoms with Gasteiger partial charge in [-0.3, -0.25) is 0 Å². The second-order valence-corrected chi connectivity index (χ2v) is 7.56. The van der Waals surface area contributed by atoms with E-state index in [2.05, 4.69) is 4.72 Å².